The van der Waals surface area contributed by atoms with E-state index in [2.05, 4.69) is 26.8 Å². The molecule has 0 unspecified atom stereocenters. The Kier molecular flexibility index (Phi) is 11.6. The number of rotatable bonds is 17. The zero-order valence-corrected chi connectivity index (χ0v) is 28.5. The first-order valence-corrected chi connectivity index (χ1v) is 16.8. The molecule has 5 aromatic rings. The second-order valence-corrected chi connectivity index (χ2v) is 12.5. The fraction of sp³-hybridized carbons (Fsp3) is 0.342. The first-order valence-electron chi connectivity index (χ1n) is 16.8. The van der Waals surface area contributed by atoms with Crippen molar-refractivity contribution in [3.63, 3.8) is 0 Å². The molecule has 0 aliphatic carbocycles. The molecule has 2 N–H and O–H groups in total. The van der Waals surface area contributed by atoms with Crippen molar-refractivity contribution in [2.75, 3.05) is 23.9 Å². The molecule has 1 amide bonds. The SMILES string of the molecule is C=CCn1c(=O)c2cnc(Nc3ccc(N(C)C(=O)CCCCCCCCOc4ccccc4)cc3)nc2n1-c1cccc(C(C)(C)O)n1. The van der Waals surface area contributed by atoms with E-state index < -0.39 is 5.60 Å². The molecule has 0 spiro atoms. The van der Waals surface area contributed by atoms with Crippen molar-refractivity contribution in [2.24, 2.45) is 0 Å². The lowest BCUT2D eigenvalue weighted by Crippen LogP contribution is -2.25. The molecule has 256 valence electrons. The Bertz CT molecular complexity index is 1910. The summed E-state index contributed by atoms with van der Waals surface area (Å²) in [6.07, 6.45) is 9.90. The zero-order valence-electron chi connectivity index (χ0n) is 28.5. The fourth-order valence-corrected chi connectivity index (χ4v) is 5.49. The number of benzene rings is 2. The van der Waals surface area contributed by atoms with Crippen LogP contribution in [0.4, 0.5) is 17.3 Å². The second kappa shape index (κ2) is 16.2. The Morgan fingerprint density at radius 2 is 1.67 bits per heavy atom. The van der Waals surface area contributed by atoms with Crippen molar-refractivity contribution in [1.29, 1.82) is 0 Å². The number of para-hydroxylation sites is 1. The van der Waals surface area contributed by atoms with Gasteiger partial charge in [0.15, 0.2) is 11.5 Å². The Balaban J connectivity index is 1.16. The number of nitrogens with zero attached hydrogens (tertiary/aromatic N) is 6. The topological polar surface area (TPSA) is 127 Å². The number of carbonyl (C=O) groups is 1. The van der Waals surface area contributed by atoms with Gasteiger partial charge in [-0.15, -0.1) is 6.58 Å². The number of fused-ring (bicyclic) bond motifs is 1. The maximum Gasteiger partial charge on any atom is 0.278 e. The maximum absolute atomic E-state index is 13.3. The van der Waals surface area contributed by atoms with Crippen LogP contribution in [-0.2, 0) is 16.9 Å². The van der Waals surface area contributed by atoms with Crippen molar-refractivity contribution < 1.29 is 14.6 Å². The number of hydrogen-bond donors (Lipinski definition) is 2. The minimum absolute atomic E-state index is 0.0787. The molecular formula is C38H45N7O4. The molecule has 11 nitrogen and oxygen atoms in total. The van der Waals surface area contributed by atoms with Gasteiger partial charge in [-0.05, 0) is 75.2 Å². The highest BCUT2D eigenvalue weighted by atomic mass is 16.5. The number of carbonyl (C=O) groups excluding carboxylic acids is 1. The van der Waals surface area contributed by atoms with Crippen LogP contribution in [0.1, 0.15) is 64.5 Å². The molecule has 3 heterocycles. The zero-order chi connectivity index (χ0) is 34.8. The Labute approximate surface area is 286 Å². The average molecular weight is 664 g/mol. The van der Waals surface area contributed by atoms with E-state index in [1.54, 1.807) is 54.8 Å². The predicted molar refractivity (Wildman–Crippen MR) is 194 cm³/mol. The summed E-state index contributed by atoms with van der Waals surface area (Å²) < 4.78 is 8.85. The van der Waals surface area contributed by atoms with Gasteiger partial charge in [0.1, 0.15) is 16.7 Å². The Hall–Kier alpha value is -5.29. The minimum Gasteiger partial charge on any atom is -0.494 e. The lowest BCUT2D eigenvalue weighted by molar-refractivity contribution is -0.118. The van der Waals surface area contributed by atoms with E-state index in [1.165, 1.54) is 10.9 Å². The molecule has 49 heavy (non-hydrogen) atoms. The number of aromatic nitrogens is 5. The largest absolute Gasteiger partial charge is 0.494 e. The minimum atomic E-state index is -1.17. The number of ether oxygens (including phenoxy) is 1. The summed E-state index contributed by atoms with van der Waals surface area (Å²) in [4.78, 5) is 41.5. The third kappa shape index (κ3) is 8.99. The van der Waals surface area contributed by atoms with Gasteiger partial charge >= 0.3 is 0 Å². The summed E-state index contributed by atoms with van der Waals surface area (Å²) in [5.74, 6) is 1.71. The predicted octanol–water partition coefficient (Wildman–Crippen LogP) is 6.91. The summed E-state index contributed by atoms with van der Waals surface area (Å²) in [7, 11) is 1.79. The smallest absolute Gasteiger partial charge is 0.278 e. The van der Waals surface area contributed by atoms with Crippen molar-refractivity contribution in [2.45, 2.75) is 70.9 Å². The molecule has 0 fully saturated rings. The molecule has 2 aromatic carbocycles. The van der Waals surface area contributed by atoms with Crippen LogP contribution in [-0.4, -0.2) is 49.0 Å². The molecule has 0 bridgehead atoms. The molecule has 0 saturated heterocycles. The highest BCUT2D eigenvalue weighted by Gasteiger charge is 2.22. The summed E-state index contributed by atoms with van der Waals surface area (Å²) >= 11 is 0. The van der Waals surface area contributed by atoms with Gasteiger partial charge in [-0.1, -0.05) is 56.0 Å². The first kappa shape index (κ1) is 35.0. The highest BCUT2D eigenvalue weighted by molar-refractivity contribution is 5.93. The van der Waals surface area contributed by atoms with Gasteiger partial charge in [-0.2, -0.15) is 4.98 Å². The average Bonchev–Trinajstić information content (AvgIpc) is 3.37. The van der Waals surface area contributed by atoms with Crippen LogP contribution in [0, 0.1) is 0 Å². The van der Waals surface area contributed by atoms with Crippen LogP contribution in [0.25, 0.3) is 16.9 Å². The van der Waals surface area contributed by atoms with Crippen LogP contribution in [0.15, 0.2) is 96.4 Å². The van der Waals surface area contributed by atoms with Gasteiger partial charge in [0.05, 0.1) is 18.8 Å². The van der Waals surface area contributed by atoms with E-state index in [0.717, 1.165) is 62.3 Å². The van der Waals surface area contributed by atoms with Crippen LogP contribution < -0.4 is 20.5 Å². The van der Waals surface area contributed by atoms with Gasteiger partial charge in [0.25, 0.3) is 5.56 Å². The number of allylic oxidation sites excluding steroid dienone is 1. The van der Waals surface area contributed by atoms with E-state index in [0.29, 0.717) is 29.0 Å². The Morgan fingerprint density at radius 3 is 2.39 bits per heavy atom. The van der Waals surface area contributed by atoms with E-state index >= 15 is 0 Å². The summed E-state index contributed by atoms with van der Waals surface area (Å²) in [6.45, 7) is 8.06. The van der Waals surface area contributed by atoms with E-state index in [9.17, 15) is 14.7 Å². The number of amides is 1. The Morgan fingerprint density at radius 1 is 0.959 bits per heavy atom. The number of nitrogens with one attached hydrogen (secondary N) is 1. The third-order valence-corrected chi connectivity index (χ3v) is 8.24. The van der Waals surface area contributed by atoms with Gasteiger partial charge in [-0.3, -0.25) is 9.59 Å². The van der Waals surface area contributed by atoms with Gasteiger partial charge < -0.3 is 20.1 Å². The quantitative estimate of drug-likeness (QED) is 0.0812. The highest BCUT2D eigenvalue weighted by Crippen LogP contribution is 2.23. The standard InChI is InChI=1S/C38H45N7O4/c1-5-25-44-36(47)31-27-39-37(42-35(31)45(44)33-19-15-18-32(41-33)38(2,3)48)40-28-21-23-29(24-22-28)43(4)34(46)20-13-8-6-7-9-14-26-49-30-16-11-10-12-17-30/h5,10-12,15-19,21-24,27,48H,1,6-9,13-14,20,25-26H2,2-4H3,(H,39,40,42). The molecule has 0 aliphatic heterocycles. The molecule has 5 rings (SSSR count). The lowest BCUT2D eigenvalue weighted by Gasteiger charge is -2.18. The van der Waals surface area contributed by atoms with Gasteiger partial charge in [0.2, 0.25) is 11.9 Å². The van der Waals surface area contributed by atoms with E-state index in [1.807, 2.05) is 54.6 Å². The van der Waals surface area contributed by atoms with E-state index in [-0.39, 0.29) is 24.0 Å². The van der Waals surface area contributed by atoms with E-state index in [4.69, 9.17) is 4.74 Å². The van der Waals surface area contributed by atoms with Crippen LogP contribution in [0.3, 0.4) is 0 Å². The number of unbranched alkanes of at least 4 members (excludes halogenated alkanes) is 5. The monoisotopic (exact) mass is 663 g/mol. The molecule has 0 radical (unpaired) electrons. The summed E-state index contributed by atoms with van der Waals surface area (Å²) in [5.41, 5.74) is 0.881. The number of pyridine rings is 1. The van der Waals surface area contributed by atoms with Gasteiger partial charge in [0, 0.05) is 31.0 Å². The van der Waals surface area contributed by atoms with Crippen LogP contribution in [0.2, 0.25) is 0 Å². The van der Waals surface area contributed by atoms with Gasteiger partial charge in [-0.25, -0.2) is 19.3 Å². The molecule has 11 heteroatoms. The molecule has 0 atom stereocenters. The normalized spacial score (nSPS) is 11.4. The number of anilines is 3. The molecule has 0 aliphatic rings. The number of hydrogen-bond acceptors (Lipinski definition) is 8. The van der Waals surface area contributed by atoms with Crippen molar-refractivity contribution in [1.82, 2.24) is 24.3 Å². The maximum atomic E-state index is 13.3. The van der Waals surface area contributed by atoms with Crippen LogP contribution >= 0.6 is 0 Å². The summed E-state index contributed by atoms with van der Waals surface area (Å²) in [6, 6.07) is 22.6. The second-order valence-electron chi connectivity index (χ2n) is 12.5. The first-order chi connectivity index (χ1) is 23.7. The lowest BCUT2D eigenvalue weighted by atomic mass is 10.1. The van der Waals surface area contributed by atoms with Crippen LogP contribution in [0.5, 0.6) is 5.75 Å². The molecule has 0 saturated carbocycles. The summed E-state index contributed by atoms with van der Waals surface area (Å²) in [5, 5.41) is 14.1. The van der Waals surface area contributed by atoms with Crippen molar-refractivity contribution >= 4 is 34.3 Å². The number of aliphatic hydroxyl groups is 1. The molecule has 3 aromatic heterocycles. The van der Waals surface area contributed by atoms with Crippen molar-refractivity contribution in [3.05, 3.63) is 108 Å². The molecular weight excluding hydrogens is 618 g/mol. The third-order valence-electron chi connectivity index (χ3n) is 8.24. The van der Waals surface area contributed by atoms with Crippen molar-refractivity contribution in [3.8, 4) is 11.6 Å². The fourth-order valence-electron chi connectivity index (χ4n) is 5.49.